The molecule has 3 heterocycles. The number of hydrogen-bond donors (Lipinski definition) is 1. The molecule has 1 atom stereocenters. The Kier molecular flexibility index (Phi) is 4.12. The van der Waals surface area contributed by atoms with Crippen molar-refractivity contribution in [3.8, 4) is 17.1 Å². The Hall–Kier alpha value is -3.22. The van der Waals surface area contributed by atoms with Gasteiger partial charge in [0.15, 0.2) is 0 Å². The molecule has 4 rings (SSSR count). The number of rotatable bonds is 4. The minimum absolute atomic E-state index is 0.0695. The van der Waals surface area contributed by atoms with E-state index in [-0.39, 0.29) is 12.0 Å². The van der Waals surface area contributed by atoms with Crippen LogP contribution in [0.4, 0.5) is 0 Å². The molecule has 1 fully saturated rings. The van der Waals surface area contributed by atoms with E-state index < -0.39 is 0 Å². The molecule has 126 valence electrons. The Morgan fingerprint density at radius 1 is 1.24 bits per heavy atom. The van der Waals surface area contributed by atoms with Crippen molar-refractivity contribution >= 4 is 5.91 Å². The number of aromatic nitrogens is 4. The highest BCUT2D eigenvalue weighted by Crippen LogP contribution is 2.20. The van der Waals surface area contributed by atoms with Gasteiger partial charge in [-0.15, -0.1) is 0 Å². The highest BCUT2D eigenvalue weighted by atomic mass is 16.5. The lowest BCUT2D eigenvalue weighted by Crippen LogP contribution is -2.31. The van der Waals surface area contributed by atoms with Gasteiger partial charge in [-0.1, -0.05) is 30.3 Å². The molecule has 1 amide bonds. The molecule has 2 aromatic heterocycles. The number of nitrogens with one attached hydrogen (secondary N) is 1. The average molecular weight is 335 g/mol. The molecule has 7 nitrogen and oxygen atoms in total. The fraction of sp³-hybridized carbons (Fsp3) is 0.222. The summed E-state index contributed by atoms with van der Waals surface area (Å²) in [6, 6.07) is 11.6. The maximum atomic E-state index is 12.7. The molecule has 1 aromatic carbocycles. The summed E-state index contributed by atoms with van der Waals surface area (Å²) in [5.74, 6) is 0.412. The van der Waals surface area contributed by atoms with Crippen molar-refractivity contribution in [2.24, 2.45) is 0 Å². The molecular formula is C18H17N5O2. The second-order valence-corrected chi connectivity index (χ2v) is 5.86. The van der Waals surface area contributed by atoms with Crippen LogP contribution >= 0.6 is 0 Å². The normalized spacial score (nSPS) is 16.8. The summed E-state index contributed by atoms with van der Waals surface area (Å²) < 4.78 is 5.77. The summed E-state index contributed by atoms with van der Waals surface area (Å²) in [4.78, 5) is 22.5. The van der Waals surface area contributed by atoms with Crippen LogP contribution in [-0.2, 0) is 0 Å². The van der Waals surface area contributed by atoms with Crippen molar-refractivity contribution in [2.45, 2.75) is 12.5 Å². The summed E-state index contributed by atoms with van der Waals surface area (Å²) in [5.41, 5.74) is 2.22. The molecule has 1 aliphatic rings. The smallest absolute Gasteiger partial charge is 0.272 e. The van der Waals surface area contributed by atoms with Gasteiger partial charge in [-0.3, -0.25) is 14.9 Å². The van der Waals surface area contributed by atoms with Gasteiger partial charge in [0, 0.05) is 30.9 Å². The first-order valence-electron chi connectivity index (χ1n) is 8.12. The summed E-state index contributed by atoms with van der Waals surface area (Å²) in [6.45, 7) is 1.17. The molecule has 1 unspecified atom stereocenters. The first-order valence-corrected chi connectivity index (χ1v) is 8.12. The summed E-state index contributed by atoms with van der Waals surface area (Å²) in [6.07, 6.45) is 5.45. The van der Waals surface area contributed by atoms with Crippen LogP contribution in [0.2, 0.25) is 0 Å². The number of hydrogen-bond acceptors (Lipinski definition) is 5. The van der Waals surface area contributed by atoms with Gasteiger partial charge in [0.25, 0.3) is 5.91 Å². The zero-order valence-corrected chi connectivity index (χ0v) is 13.5. The van der Waals surface area contributed by atoms with E-state index in [1.54, 1.807) is 29.6 Å². The number of ether oxygens (including phenoxy) is 1. The lowest BCUT2D eigenvalue weighted by atomic mass is 10.1. The van der Waals surface area contributed by atoms with Crippen LogP contribution in [0.1, 0.15) is 16.9 Å². The van der Waals surface area contributed by atoms with Crippen LogP contribution in [0.15, 0.2) is 55.0 Å². The second kappa shape index (κ2) is 6.72. The molecule has 25 heavy (non-hydrogen) atoms. The predicted molar refractivity (Wildman–Crippen MR) is 91.0 cm³/mol. The van der Waals surface area contributed by atoms with Crippen molar-refractivity contribution in [1.29, 1.82) is 0 Å². The Bertz CT molecular complexity index is 850. The first-order chi connectivity index (χ1) is 12.3. The molecule has 1 N–H and O–H groups in total. The van der Waals surface area contributed by atoms with Gasteiger partial charge in [0.05, 0.1) is 18.4 Å². The van der Waals surface area contributed by atoms with E-state index in [1.807, 2.05) is 30.3 Å². The third kappa shape index (κ3) is 3.35. The summed E-state index contributed by atoms with van der Waals surface area (Å²) >= 11 is 0. The van der Waals surface area contributed by atoms with Gasteiger partial charge in [0.1, 0.15) is 11.8 Å². The monoisotopic (exact) mass is 335 g/mol. The number of carbonyl (C=O) groups is 1. The number of amides is 1. The van der Waals surface area contributed by atoms with Crippen LogP contribution in [0.25, 0.3) is 11.3 Å². The van der Waals surface area contributed by atoms with Crippen LogP contribution in [0.5, 0.6) is 5.88 Å². The highest BCUT2D eigenvalue weighted by molar-refractivity contribution is 5.93. The summed E-state index contributed by atoms with van der Waals surface area (Å²) in [7, 11) is 0. The van der Waals surface area contributed by atoms with Crippen molar-refractivity contribution in [3.63, 3.8) is 0 Å². The van der Waals surface area contributed by atoms with Crippen LogP contribution in [0, 0.1) is 0 Å². The van der Waals surface area contributed by atoms with E-state index in [2.05, 4.69) is 20.2 Å². The fourth-order valence-corrected chi connectivity index (χ4v) is 2.88. The van der Waals surface area contributed by atoms with Gasteiger partial charge in [0.2, 0.25) is 5.88 Å². The van der Waals surface area contributed by atoms with Crippen molar-refractivity contribution in [2.75, 3.05) is 13.1 Å². The number of H-pyrrole nitrogens is 1. The van der Waals surface area contributed by atoms with E-state index in [0.717, 1.165) is 17.7 Å². The van der Waals surface area contributed by atoms with Gasteiger partial charge in [-0.25, -0.2) is 4.98 Å². The van der Waals surface area contributed by atoms with Crippen molar-refractivity contribution in [1.82, 2.24) is 25.1 Å². The number of benzene rings is 1. The zero-order chi connectivity index (χ0) is 17.1. The maximum Gasteiger partial charge on any atom is 0.272 e. The van der Waals surface area contributed by atoms with Gasteiger partial charge >= 0.3 is 0 Å². The standard InChI is InChI=1S/C18H17N5O2/c24-18(16-10-15(21-22-16)13-4-2-1-3-5-13)23-9-6-14(12-23)25-17-11-19-7-8-20-17/h1-5,7-8,10-11,14H,6,9,12H2,(H,21,22). The zero-order valence-electron chi connectivity index (χ0n) is 13.5. The summed E-state index contributed by atoms with van der Waals surface area (Å²) in [5, 5.41) is 7.08. The topological polar surface area (TPSA) is 84.0 Å². The molecule has 0 radical (unpaired) electrons. The highest BCUT2D eigenvalue weighted by Gasteiger charge is 2.29. The van der Waals surface area contributed by atoms with Gasteiger partial charge in [-0.2, -0.15) is 5.10 Å². The molecular weight excluding hydrogens is 318 g/mol. The molecule has 1 aliphatic heterocycles. The number of nitrogens with zero attached hydrogens (tertiary/aromatic N) is 4. The maximum absolute atomic E-state index is 12.7. The molecule has 0 bridgehead atoms. The lowest BCUT2D eigenvalue weighted by Gasteiger charge is -2.15. The largest absolute Gasteiger partial charge is 0.471 e. The Morgan fingerprint density at radius 2 is 2.12 bits per heavy atom. The van der Waals surface area contributed by atoms with Gasteiger partial charge < -0.3 is 9.64 Å². The van der Waals surface area contributed by atoms with E-state index in [4.69, 9.17) is 4.74 Å². The average Bonchev–Trinajstić information content (AvgIpc) is 3.33. The number of carbonyl (C=O) groups excluding carboxylic acids is 1. The molecule has 1 saturated heterocycles. The molecule has 0 aliphatic carbocycles. The SMILES string of the molecule is O=C(c1cc(-c2ccccc2)n[nH]1)N1CCC(Oc2cnccn2)C1. The van der Waals surface area contributed by atoms with Crippen molar-refractivity contribution in [3.05, 3.63) is 60.7 Å². The predicted octanol–water partition coefficient (Wildman–Crippen LogP) is 2.16. The molecule has 0 saturated carbocycles. The van der Waals surface area contributed by atoms with E-state index >= 15 is 0 Å². The second-order valence-electron chi connectivity index (χ2n) is 5.86. The minimum atomic E-state index is -0.0721. The van der Waals surface area contributed by atoms with Crippen molar-refractivity contribution < 1.29 is 9.53 Å². The van der Waals surface area contributed by atoms with Gasteiger partial charge in [-0.05, 0) is 6.07 Å². The van der Waals surface area contributed by atoms with Crippen LogP contribution in [-0.4, -0.2) is 50.2 Å². The van der Waals surface area contributed by atoms with E-state index in [0.29, 0.717) is 24.7 Å². The van der Waals surface area contributed by atoms with Crippen LogP contribution in [0.3, 0.4) is 0 Å². The minimum Gasteiger partial charge on any atom is -0.471 e. The third-order valence-electron chi connectivity index (χ3n) is 4.14. The number of aromatic amines is 1. The van der Waals surface area contributed by atoms with E-state index in [9.17, 15) is 4.79 Å². The first kappa shape index (κ1) is 15.3. The Morgan fingerprint density at radius 3 is 2.92 bits per heavy atom. The number of likely N-dealkylation sites (tertiary alicyclic amines) is 1. The lowest BCUT2D eigenvalue weighted by molar-refractivity contribution is 0.0765. The molecule has 7 heteroatoms. The van der Waals surface area contributed by atoms with Crippen LogP contribution < -0.4 is 4.74 Å². The third-order valence-corrected chi connectivity index (χ3v) is 4.14. The Balaban J connectivity index is 1.41. The Labute approximate surface area is 144 Å². The fourth-order valence-electron chi connectivity index (χ4n) is 2.88. The molecule has 3 aromatic rings. The quantitative estimate of drug-likeness (QED) is 0.790. The van der Waals surface area contributed by atoms with E-state index in [1.165, 1.54) is 0 Å². The molecule has 0 spiro atoms.